The summed E-state index contributed by atoms with van der Waals surface area (Å²) in [4.78, 5) is 34.2. The molecule has 0 saturated heterocycles. The Morgan fingerprint density at radius 1 is 1.10 bits per heavy atom. The van der Waals surface area contributed by atoms with E-state index in [9.17, 15) is 9.59 Å². The third kappa shape index (κ3) is 4.29. The van der Waals surface area contributed by atoms with Crippen LogP contribution in [0.15, 0.2) is 81.8 Å². The monoisotopic (exact) mass is 433 g/mol. The molecule has 2 aromatic heterocycles. The van der Waals surface area contributed by atoms with E-state index in [-0.39, 0.29) is 5.56 Å². The van der Waals surface area contributed by atoms with Gasteiger partial charge >= 0.3 is 5.97 Å². The van der Waals surface area contributed by atoms with Gasteiger partial charge in [-0.1, -0.05) is 18.2 Å². The average molecular weight is 433 g/mol. The summed E-state index contributed by atoms with van der Waals surface area (Å²) < 4.78 is 11.9. The average Bonchev–Trinajstić information content (AvgIpc) is 2.80. The zero-order valence-electron chi connectivity index (χ0n) is 16.9. The van der Waals surface area contributed by atoms with E-state index in [1.165, 1.54) is 22.5 Å². The van der Waals surface area contributed by atoms with Crippen LogP contribution in [0.2, 0.25) is 0 Å². The van der Waals surface area contributed by atoms with E-state index in [0.717, 1.165) is 0 Å². The lowest BCUT2D eigenvalue weighted by molar-refractivity contribution is 0.0525. The van der Waals surface area contributed by atoms with Gasteiger partial charge < -0.3 is 9.47 Å². The third-order valence-electron chi connectivity index (χ3n) is 4.50. The van der Waals surface area contributed by atoms with Crippen molar-refractivity contribution in [1.82, 2.24) is 14.5 Å². The zero-order valence-corrected chi connectivity index (χ0v) is 17.8. The quantitative estimate of drug-likeness (QED) is 0.334. The van der Waals surface area contributed by atoms with Crippen molar-refractivity contribution in [2.75, 3.05) is 13.7 Å². The van der Waals surface area contributed by atoms with E-state index < -0.39 is 5.97 Å². The predicted octanol–water partition coefficient (Wildman–Crippen LogP) is 4.12. The number of fused-ring (bicyclic) bond motifs is 1. The Kier molecular flexibility index (Phi) is 5.99. The van der Waals surface area contributed by atoms with Crippen LogP contribution in [-0.2, 0) is 4.74 Å². The van der Waals surface area contributed by atoms with Crippen molar-refractivity contribution < 1.29 is 14.3 Å². The van der Waals surface area contributed by atoms with Gasteiger partial charge in [-0.15, -0.1) is 0 Å². The van der Waals surface area contributed by atoms with Gasteiger partial charge in [-0.25, -0.2) is 14.8 Å². The number of carbonyl (C=O) groups is 1. The second-order valence-corrected chi connectivity index (χ2v) is 7.45. The molecule has 0 spiro atoms. The minimum atomic E-state index is -0.427. The van der Waals surface area contributed by atoms with Crippen molar-refractivity contribution in [1.29, 1.82) is 0 Å². The highest BCUT2D eigenvalue weighted by molar-refractivity contribution is 7.99. The van der Waals surface area contributed by atoms with Crippen molar-refractivity contribution in [3.8, 4) is 11.4 Å². The molecule has 8 heteroatoms. The summed E-state index contributed by atoms with van der Waals surface area (Å²) in [7, 11) is 1.57. The molecule has 2 aromatic carbocycles. The second-order valence-electron chi connectivity index (χ2n) is 6.46. The zero-order chi connectivity index (χ0) is 21.8. The van der Waals surface area contributed by atoms with Gasteiger partial charge in [0.2, 0.25) is 0 Å². The number of para-hydroxylation sites is 1. The second kappa shape index (κ2) is 9.01. The van der Waals surface area contributed by atoms with Crippen LogP contribution in [0, 0.1) is 0 Å². The van der Waals surface area contributed by atoms with E-state index in [1.807, 2.05) is 30.3 Å². The first kappa shape index (κ1) is 20.6. The molecule has 0 aliphatic heterocycles. The van der Waals surface area contributed by atoms with Crippen LogP contribution in [0.25, 0.3) is 16.6 Å². The van der Waals surface area contributed by atoms with Crippen LogP contribution >= 0.6 is 11.8 Å². The molecule has 0 N–H and O–H groups in total. The summed E-state index contributed by atoms with van der Waals surface area (Å²) in [6.45, 7) is 2.04. The Hall–Kier alpha value is -3.65. The number of hydrogen-bond donors (Lipinski definition) is 0. The summed E-state index contributed by atoms with van der Waals surface area (Å²) in [5.74, 6) is 0.203. The highest BCUT2D eigenvalue weighted by Crippen LogP contribution is 2.28. The van der Waals surface area contributed by atoms with Gasteiger partial charge in [0.1, 0.15) is 10.8 Å². The van der Waals surface area contributed by atoms with Crippen LogP contribution in [0.4, 0.5) is 0 Å². The molecule has 0 saturated carbocycles. The molecule has 0 radical (unpaired) electrons. The summed E-state index contributed by atoms with van der Waals surface area (Å²) in [6, 6.07) is 17.8. The van der Waals surface area contributed by atoms with Crippen molar-refractivity contribution in [3.63, 3.8) is 0 Å². The Bertz CT molecular complexity index is 1300. The molecule has 0 unspecified atom stereocenters. The number of ether oxygens (including phenoxy) is 2. The number of benzene rings is 2. The number of pyridine rings is 1. The fourth-order valence-corrected chi connectivity index (χ4v) is 3.88. The lowest BCUT2D eigenvalue weighted by Gasteiger charge is -2.13. The topological polar surface area (TPSA) is 83.3 Å². The fraction of sp³-hybridized carbons (Fsp3) is 0.130. The molecule has 0 aliphatic carbocycles. The first-order chi connectivity index (χ1) is 15.1. The van der Waals surface area contributed by atoms with Crippen LogP contribution in [0.5, 0.6) is 5.75 Å². The van der Waals surface area contributed by atoms with Crippen LogP contribution in [0.1, 0.15) is 17.3 Å². The number of esters is 1. The van der Waals surface area contributed by atoms with Crippen LogP contribution in [-0.4, -0.2) is 34.2 Å². The highest BCUT2D eigenvalue weighted by atomic mass is 32.2. The molecule has 4 aromatic rings. The molecule has 31 heavy (non-hydrogen) atoms. The van der Waals surface area contributed by atoms with Gasteiger partial charge in [0.05, 0.1) is 35.9 Å². The highest BCUT2D eigenvalue weighted by Gasteiger charge is 2.16. The molecule has 7 nitrogen and oxygen atoms in total. The Labute approximate surface area is 182 Å². The summed E-state index contributed by atoms with van der Waals surface area (Å²) in [5, 5.41) is 1.56. The minimum absolute atomic E-state index is 0.190. The fourth-order valence-electron chi connectivity index (χ4n) is 3.03. The van der Waals surface area contributed by atoms with Gasteiger partial charge in [0.15, 0.2) is 5.16 Å². The Morgan fingerprint density at radius 2 is 1.94 bits per heavy atom. The molecule has 0 fully saturated rings. The maximum absolute atomic E-state index is 13.3. The lowest BCUT2D eigenvalue weighted by atomic mass is 10.2. The van der Waals surface area contributed by atoms with E-state index in [4.69, 9.17) is 14.5 Å². The molecule has 0 aliphatic rings. The molecule has 0 bridgehead atoms. The van der Waals surface area contributed by atoms with Crippen molar-refractivity contribution in [3.05, 3.63) is 82.8 Å². The van der Waals surface area contributed by atoms with E-state index in [0.29, 0.717) is 44.7 Å². The Morgan fingerprint density at radius 3 is 2.68 bits per heavy atom. The smallest absolute Gasteiger partial charge is 0.339 e. The van der Waals surface area contributed by atoms with Gasteiger partial charge in [-0.2, -0.15) is 0 Å². The van der Waals surface area contributed by atoms with E-state index >= 15 is 0 Å². The van der Waals surface area contributed by atoms with Crippen molar-refractivity contribution >= 4 is 28.6 Å². The molecule has 4 rings (SSSR count). The predicted molar refractivity (Wildman–Crippen MR) is 118 cm³/mol. The lowest BCUT2D eigenvalue weighted by Crippen LogP contribution is -2.21. The normalized spacial score (nSPS) is 10.8. The third-order valence-corrected chi connectivity index (χ3v) is 5.41. The van der Waals surface area contributed by atoms with E-state index in [2.05, 4.69) is 4.98 Å². The van der Waals surface area contributed by atoms with Gasteiger partial charge in [0.25, 0.3) is 5.56 Å². The standard InChI is InChI=1S/C23H19N3O4S/c1-3-30-22(28)15-11-12-20(24-14-15)31-23-25-19-10-5-4-9-18(19)21(27)26(23)16-7-6-8-17(13-16)29-2/h4-14H,3H2,1-2H3. The summed E-state index contributed by atoms with van der Waals surface area (Å²) >= 11 is 1.23. The maximum atomic E-state index is 13.3. The maximum Gasteiger partial charge on any atom is 0.339 e. The minimum Gasteiger partial charge on any atom is -0.497 e. The van der Waals surface area contributed by atoms with Gasteiger partial charge in [-0.3, -0.25) is 9.36 Å². The number of aromatic nitrogens is 3. The molecule has 156 valence electrons. The van der Waals surface area contributed by atoms with E-state index in [1.54, 1.807) is 44.4 Å². The number of rotatable bonds is 6. The summed E-state index contributed by atoms with van der Waals surface area (Å²) in [5.41, 5.74) is 1.40. The summed E-state index contributed by atoms with van der Waals surface area (Å²) in [6.07, 6.45) is 1.45. The molecular weight excluding hydrogens is 414 g/mol. The molecule has 0 amide bonds. The SMILES string of the molecule is CCOC(=O)c1ccc(Sc2nc3ccccc3c(=O)n2-c2cccc(OC)c2)nc1. The van der Waals surface area contributed by atoms with Crippen LogP contribution < -0.4 is 10.3 Å². The largest absolute Gasteiger partial charge is 0.497 e. The first-order valence-corrected chi connectivity index (χ1v) is 10.4. The van der Waals surface area contributed by atoms with Crippen molar-refractivity contribution in [2.45, 2.75) is 17.1 Å². The van der Waals surface area contributed by atoms with Gasteiger partial charge in [-0.05, 0) is 55.1 Å². The number of hydrogen-bond acceptors (Lipinski definition) is 7. The van der Waals surface area contributed by atoms with Crippen LogP contribution in [0.3, 0.4) is 0 Å². The molecule has 0 atom stereocenters. The first-order valence-electron chi connectivity index (χ1n) is 9.58. The van der Waals surface area contributed by atoms with Gasteiger partial charge in [0, 0.05) is 12.3 Å². The number of carbonyl (C=O) groups excluding carboxylic acids is 1. The molecular formula is C23H19N3O4S. The Balaban J connectivity index is 1.81. The van der Waals surface area contributed by atoms with Crippen molar-refractivity contribution in [2.24, 2.45) is 0 Å². The molecule has 2 heterocycles. The number of methoxy groups -OCH3 is 1. The number of nitrogens with zero attached hydrogens (tertiary/aromatic N) is 3.